The van der Waals surface area contributed by atoms with Gasteiger partial charge in [-0.15, -0.1) is 0 Å². The second kappa shape index (κ2) is 15.7. The number of hydrogen-bond donors (Lipinski definition) is 1. The summed E-state index contributed by atoms with van der Waals surface area (Å²) in [6.07, 6.45) is -2.85. The molecule has 0 saturated carbocycles. The standard InChI is InChI=1S/C42H47FN4O10Si/c1-25-40(58(4,5)43)34(20-35(51)44(16-17-48)23-28-10-7-6-8-11-28)57-42(25)32-19-31(47-37(53)22-39(47)56-27(3)50)14-15-33(32)45(41(42)54)24-29-12-9-13-30(18-29)46-36(52)21-38(46)55-26(2)49/h6-15,18-19,25,34,38-40,48H,16-17,20-24H2,1-5H3/t25-,34+,38?,39?,40-,42+/m1/s1. The summed E-state index contributed by atoms with van der Waals surface area (Å²) >= 11 is 0. The Hall–Kier alpha value is -5.45. The van der Waals surface area contributed by atoms with Crippen molar-refractivity contribution in [2.24, 2.45) is 5.92 Å². The van der Waals surface area contributed by atoms with Crippen LogP contribution in [-0.4, -0.2) is 85.7 Å². The van der Waals surface area contributed by atoms with E-state index in [9.17, 15) is 29.1 Å². The molecule has 2 unspecified atom stereocenters. The average Bonchev–Trinajstić information content (AvgIpc) is 3.56. The van der Waals surface area contributed by atoms with Crippen LogP contribution >= 0.6 is 0 Å². The summed E-state index contributed by atoms with van der Waals surface area (Å²) in [5.74, 6) is -3.26. The molecular weight excluding hydrogens is 768 g/mol. The highest BCUT2D eigenvalue weighted by Crippen LogP contribution is 2.61. The first-order valence-electron chi connectivity index (χ1n) is 19.4. The maximum absolute atomic E-state index is 16.7. The highest BCUT2D eigenvalue weighted by atomic mass is 28.4. The number of β-lactam (4-membered cyclic amide) rings is 2. The third kappa shape index (κ3) is 7.39. The van der Waals surface area contributed by atoms with Crippen LogP contribution in [-0.2, 0) is 61.7 Å². The van der Waals surface area contributed by atoms with Crippen molar-refractivity contribution in [2.45, 2.75) is 95.9 Å². The van der Waals surface area contributed by atoms with Crippen molar-refractivity contribution >= 4 is 61.0 Å². The zero-order chi connectivity index (χ0) is 41.7. The summed E-state index contributed by atoms with van der Waals surface area (Å²) in [5, 5.41) is 9.89. The predicted octanol–water partition coefficient (Wildman–Crippen LogP) is 4.67. The van der Waals surface area contributed by atoms with Crippen molar-refractivity contribution in [1.29, 1.82) is 0 Å². The maximum atomic E-state index is 16.7. The zero-order valence-electron chi connectivity index (χ0n) is 33.1. The average molecular weight is 815 g/mol. The topological polar surface area (TPSA) is 163 Å². The normalized spacial score (nSPS) is 25.1. The molecule has 4 heterocycles. The number of benzene rings is 3. The zero-order valence-corrected chi connectivity index (χ0v) is 34.1. The summed E-state index contributed by atoms with van der Waals surface area (Å²) in [6.45, 7) is 7.31. The van der Waals surface area contributed by atoms with Gasteiger partial charge in [0.1, 0.15) is 0 Å². The van der Waals surface area contributed by atoms with Crippen LogP contribution in [0.2, 0.25) is 18.6 Å². The SMILES string of the molecule is CC(=O)OC1CC(=O)N1c1cccc(CN2C(=O)[C@@]3(O[C@@H](CC(=O)N(CCO)Cc4ccccc4)[C@H]([Si](C)(C)F)[C@H]3C)c3cc(N4C(=O)CC4OC(C)=O)ccc32)c1. The molecule has 6 atom stereocenters. The molecule has 4 amide bonds. The van der Waals surface area contributed by atoms with E-state index in [0.717, 1.165) is 5.56 Å². The number of halogens is 1. The van der Waals surface area contributed by atoms with E-state index < -0.39 is 61.9 Å². The molecule has 3 aromatic carbocycles. The molecule has 3 fully saturated rings. The molecule has 14 nitrogen and oxygen atoms in total. The molecule has 1 N–H and O–H groups in total. The van der Waals surface area contributed by atoms with Gasteiger partial charge in [-0.05, 0) is 54.6 Å². The number of carbonyl (C=O) groups excluding carboxylic acids is 6. The number of amides is 4. The molecule has 3 aromatic rings. The molecule has 1 spiro atoms. The number of rotatable bonds is 13. The van der Waals surface area contributed by atoms with Crippen LogP contribution in [0, 0.1) is 5.92 Å². The van der Waals surface area contributed by atoms with Gasteiger partial charge in [-0.1, -0.05) is 49.4 Å². The van der Waals surface area contributed by atoms with E-state index in [-0.39, 0.29) is 63.2 Å². The Morgan fingerprint density at radius 2 is 1.48 bits per heavy atom. The lowest BCUT2D eigenvalue weighted by molar-refractivity contribution is -0.155. The third-order valence-corrected chi connectivity index (χ3v) is 13.9. The van der Waals surface area contributed by atoms with Crippen LogP contribution in [0.1, 0.15) is 56.7 Å². The molecule has 7 rings (SSSR count). The fourth-order valence-electron chi connectivity index (χ4n) is 9.01. The lowest BCUT2D eigenvalue weighted by Crippen LogP contribution is -2.55. The minimum atomic E-state index is -3.71. The fourth-order valence-corrected chi connectivity index (χ4v) is 11.5. The number of aliphatic hydroxyl groups excluding tert-OH is 1. The van der Waals surface area contributed by atoms with E-state index in [0.29, 0.717) is 28.2 Å². The van der Waals surface area contributed by atoms with E-state index in [1.165, 1.54) is 46.5 Å². The number of aliphatic hydroxyl groups is 1. The summed E-state index contributed by atoms with van der Waals surface area (Å²) in [4.78, 5) is 84.2. The van der Waals surface area contributed by atoms with Gasteiger partial charge < -0.3 is 33.2 Å². The molecule has 0 aliphatic carbocycles. The summed E-state index contributed by atoms with van der Waals surface area (Å²) in [6, 6.07) is 21.2. The number of ether oxygens (including phenoxy) is 3. The van der Waals surface area contributed by atoms with Crippen LogP contribution in [0.25, 0.3) is 0 Å². The first-order chi connectivity index (χ1) is 27.5. The molecule has 3 saturated heterocycles. The van der Waals surface area contributed by atoms with Crippen LogP contribution in [0.4, 0.5) is 21.2 Å². The van der Waals surface area contributed by atoms with Crippen LogP contribution in [0.3, 0.4) is 0 Å². The van der Waals surface area contributed by atoms with Crippen molar-refractivity contribution in [1.82, 2.24) is 4.90 Å². The third-order valence-electron chi connectivity index (χ3n) is 11.5. The van der Waals surface area contributed by atoms with Gasteiger partial charge in [0.05, 0.1) is 44.2 Å². The Balaban J connectivity index is 1.27. The van der Waals surface area contributed by atoms with Crippen molar-refractivity contribution in [3.05, 3.63) is 89.5 Å². The van der Waals surface area contributed by atoms with Crippen LogP contribution in [0.5, 0.6) is 0 Å². The van der Waals surface area contributed by atoms with E-state index in [4.69, 9.17) is 14.2 Å². The number of anilines is 3. The monoisotopic (exact) mass is 814 g/mol. The minimum Gasteiger partial charge on any atom is -0.441 e. The first-order valence-corrected chi connectivity index (χ1v) is 22.3. The molecule has 0 aromatic heterocycles. The Bertz CT molecular complexity index is 2150. The Kier molecular flexibility index (Phi) is 11.0. The smallest absolute Gasteiger partial charge is 0.304 e. The van der Waals surface area contributed by atoms with Gasteiger partial charge in [0.2, 0.25) is 26.1 Å². The Labute approximate surface area is 336 Å². The largest absolute Gasteiger partial charge is 0.441 e. The molecule has 0 bridgehead atoms. The number of nitrogens with zero attached hydrogens (tertiary/aromatic N) is 4. The lowest BCUT2D eigenvalue weighted by Gasteiger charge is -2.39. The number of esters is 2. The van der Waals surface area contributed by atoms with Crippen molar-refractivity contribution in [3.8, 4) is 0 Å². The van der Waals surface area contributed by atoms with Gasteiger partial charge in [0.25, 0.3) is 5.91 Å². The Morgan fingerprint density at radius 1 is 0.879 bits per heavy atom. The number of carbonyl (C=O) groups is 6. The quantitative estimate of drug-likeness (QED) is 0.111. The van der Waals surface area contributed by atoms with Gasteiger partial charge in [-0.3, -0.25) is 38.6 Å². The lowest BCUT2D eigenvalue weighted by atomic mass is 9.82. The van der Waals surface area contributed by atoms with Gasteiger partial charge in [0, 0.05) is 55.3 Å². The van der Waals surface area contributed by atoms with E-state index in [1.807, 2.05) is 30.3 Å². The molecule has 58 heavy (non-hydrogen) atoms. The van der Waals surface area contributed by atoms with Gasteiger partial charge >= 0.3 is 11.9 Å². The minimum absolute atomic E-state index is 0.00188. The molecule has 16 heteroatoms. The van der Waals surface area contributed by atoms with Gasteiger partial charge in [-0.2, -0.15) is 0 Å². The summed E-state index contributed by atoms with van der Waals surface area (Å²) in [5.41, 5.74) is 0.503. The van der Waals surface area contributed by atoms with Crippen molar-refractivity contribution in [2.75, 3.05) is 27.9 Å². The van der Waals surface area contributed by atoms with Crippen LogP contribution in [0.15, 0.2) is 72.8 Å². The van der Waals surface area contributed by atoms with Crippen LogP contribution < -0.4 is 14.7 Å². The molecule has 4 aliphatic heterocycles. The van der Waals surface area contributed by atoms with E-state index in [1.54, 1.807) is 49.4 Å². The highest BCUT2D eigenvalue weighted by molar-refractivity contribution is 6.72. The summed E-state index contributed by atoms with van der Waals surface area (Å²) in [7, 11) is -3.71. The predicted molar refractivity (Wildman–Crippen MR) is 211 cm³/mol. The first kappa shape index (κ1) is 40.7. The van der Waals surface area contributed by atoms with Crippen molar-refractivity contribution < 1.29 is 52.2 Å². The molecular formula is C42H47FN4O10Si. The van der Waals surface area contributed by atoms with Gasteiger partial charge in [0.15, 0.2) is 18.1 Å². The van der Waals surface area contributed by atoms with E-state index >= 15 is 8.90 Å². The highest BCUT2D eigenvalue weighted by Gasteiger charge is 2.67. The maximum Gasteiger partial charge on any atom is 0.304 e. The van der Waals surface area contributed by atoms with Gasteiger partial charge in [-0.25, -0.2) is 0 Å². The number of hydrogen-bond acceptors (Lipinski definition) is 10. The molecule has 0 radical (unpaired) electrons. The molecule has 4 aliphatic rings. The summed E-state index contributed by atoms with van der Waals surface area (Å²) < 4.78 is 34.3. The second-order valence-electron chi connectivity index (χ2n) is 15.8. The second-order valence-corrected chi connectivity index (χ2v) is 19.6. The fraction of sp³-hybridized carbons (Fsp3) is 0.429. The number of fused-ring (bicyclic) bond motifs is 2. The van der Waals surface area contributed by atoms with Crippen molar-refractivity contribution in [3.63, 3.8) is 0 Å². The Morgan fingerprint density at radius 3 is 2.05 bits per heavy atom. The van der Waals surface area contributed by atoms with E-state index in [2.05, 4.69) is 0 Å². The molecule has 306 valence electrons.